The molecule has 2 amide bonds. The van der Waals surface area contributed by atoms with Gasteiger partial charge in [-0.05, 0) is 0 Å². The maximum atomic E-state index is 12.5. The van der Waals surface area contributed by atoms with Crippen LogP contribution in [-0.2, 0) is 9.53 Å². The molecular formula is C13H16IN4O4S-. The van der Waals surface area contributed by atoms with Gasteiger partial charge in [0.25, 0.3) is 0 Å². The summed E-state index contributed by atoms with van der Waals surface area (Å²) in [5, 5.41) is 6.26. The van der Waals surface area contributed by atoms with E-state index in [0.29, 0.717) is 22.0 Å². The van der Waals surface area contributed by atoms with Crippen molar-refractivity contribution in [3.63, 3.8) is 0 Å². The van der Waals surface area contributed by atoms with Crippen molar-refractivity contribution in [2.45, 2.75) is 25.3 Å². The Balaban J connectivity index is 1.75. The fourth-order valence-corrected chi connectivity index (χ4v) is 4.33. The molecule has 2 atom stereocenters. The first-order chi connectivity index (χ1) is 11.0. The van der Waals surface area contributed by atoms with Crippen molar-refractivity contribution < 1.29 is 40.1 Å². The molecule has 1 aromatic heterocycles. The van der Waals surface area contributed by atoms with Crippen molar-refractivity contribution in [1.82, 2.24) is 20.4 Å². The van der Waals surface area contributed by atoms with E-state index in [1.165, 1.54) is 0 Å². The standard InChI is InChI=1S/C13H16IN4O4S/c1-6-4-23-12-8(16-13(20)21-5-14-3)11(19)18(12)9(6)10-15-7(2)17-22-10/h8,12H,4-5H2,1-3H3,(H,16,20)/q-1/t8-,12-/m1/s1. The van der Waals surface area contributed by atoms with Crippen LogP contribution in [0.4, 0.5) is 4.79 Å². The van der Waals surface area contributed by atoms with Crippen molar-refractivity contribution in [2.75, 3.05) is 15.3 Å². The normalized spacial score (nSPS) is 23.6. The Morgan fingerprint density at radius 1 is 1.57 bits per heavy atom. The summed E-state index contributed by atoms with van der Waals surface area (Å²) in [7, 11) is 0. The zero-order valence-electron chi connectivity index (χ0n) is 12.8. The number of alkyl carbamates (subject to hydrolysis) is 1. The number of carbonyl (C=O) groups excluding carboxylic acids is 2. The van der Waals surface area contributed by atoms with Gasteiger partial charge in [-0.1, -0.05) is 0 Å². The number of aromatic nitrogens is 2. The Labute approximate surface area is 147 Å². The number of carbonyl (C=O) groups is 2. The minimum absolute atomic E-state index is 0.127. The van der Waals surface area contributed by atoms with Gasteiger partial charge < -0.3 is 0 Å². The molecule has 1 fully saturated rings. The van der Waals surface area contributed by atoms with Crippen LogP contribution in [0, 0.1) is 6.92 Å². The molecule has 0 aromatic carbocycles. The van der Waals surface area contributed by atoms with Crippen LogP contribution in [-0.4, -0.2) is 53.8 Å². The molecule has 0 spiro atoms. The van der Waals surface area contributed by atoms with Gasteiger partial charge in [-0.3, -0.25) is 0 Å². The van der Waals surface area contributed by atoms with Gasteiger partial charge in [0.05, 0.1) is 0 Å². The molecule has 1 saturated heterocycles. The third-order valence-corrected chi connectivity index (χ3v) is 5.82. The summed E-state index contributed by atoms with van der Waals surface area (Å²) in [4.78, 5) is 32.0. The monoisotopic (exact) mass is 451 g/mol. The van der Waals surface area contributed by atoms with Gasteiger partial charge in [0.1, 0.15) is 0 Å². The molecule has 10 heteroatoms. The Kier molecular flexibility index (Phi) is 4.80. The fraction of sp³-hybridized carbons (Fsp3) is 0.538. The molecule has 23 heavy (non-hydrogen) atoms. The van der Waals surface area contributed by atoms with Crippen LogP contribution in [0.2, 0.25) is 0 Å². The predicted octanol–water partition coefficient (Wildman–Crippen LogP) is -2.20. The molecule has 2 aliphatic heterocycles. The number of amides is 2. The molecular weight excluding hydrogens is 435 g/mol. The Morgan fingerprint density at radius 3 is 3.00 bits per heavy atom. The molecule has 0 aliphatic carbocycles. The Bertz CT molecular complexity index is 677. The fourth-order valence-electron chi connectivity index (χ4n) is 2.44. The van der Waals surface area contributed by atoms with Crippen molar-refractivity contribution in [3.05, 3.63) is 17.3 Å². The van der Waals surface area contributed by atoms with Crippen molar-refractivity contribution >= 4 is 29.5 Å². The number of hydrogen-bond donors (Lipinski definition) is 1. The predicted molar refractivity (Wildman–Crippen MR) is 78.9 cm³/mol. The zero-order chi connectivity index (χ0) is 16.6. The molecule has 3 heterocycles. The Morgan fingerprint density at radius 2 is 2.35 bits per heavy atom. The minimum atomic E-state index is -0.574. The van der Waals surface area contributed by atoms with Crippen LogP contribution < -0.4 is 26.5 Å². The summed E-state index contributed by atoms with van der Waals surface area (Å²) >= 11 is 1.47. The van der Waals surface area contributed by atoms with E-state index in [1.807, 2.05) is 11.9 Å². The van der Waals surface area contributed by atoms with E-state index in [1.54, 1.807) is 23.6 Å². The first kappa shape index (κ1) is 16.6. The summed E-state index contributed by atoms with van der Waals surface area (Å²) in [6.07, 6.45) is -0.536. The number of nitrogens with one attached hydrogen (secondary N) is 1. The van der Waals surface area contributed by atoms with Crippen LogP contribution in [0.5, 0.6) is 0 Å². The van der Waals surface area contributed by atoms with E-state index in [-0.39, 0.29) is 32.5 Å². The number of fused-ring (bicyclic) bond motifs is 1. The number of nitrogens with zero attached hydrogens (tertiary/aromatic N) is 3. The molecule has 0 unspecified atom stereocenters. The van der Waals surface area contributed by atoms with Gasteiger partial charge in [-0.15, -0.1) is 0 Å². The Hall–Kier alpha value is -1.30. The van der Waals surface area contributed by atoms with Gasteiger partial charge >= 0.3 is 148 Å². The van der Waals surface area contributed by atoms with Crippen molar-refractivity contribution in [1.29, 1.82) is 0 Å². The number of aryl methyl sites for hydroxylation is 1. The SMILES string of the molecule is C[I-]COC(=O)N[C@@H]1C(=O)N2C(c3nc(C)no3)=C(C)CS[C@H]12. The van der Waals surface area contributed by atoms with E-state index in [0.717, 1.165) is 11.3 Å². The summed E-state index contributed by atoms with van der Waals surface area (Å²) in [6, 6.07) is -0.574. The molecule has 126 valence electrons. The first-order valence-electron chi connectivity index (χ1n) is 6.85. The van der Waals surface area contributed by atoms with Crippen LogP contribution in [0.1, 0.15) is 18.6 Å². The topological polar surface area (TPSA) is 97.6 Å². The second kappa shape index (κ2) is 6.67. The molecule has 0 radical (unpaired) electrons. The molecule has 0 bridgehead atoms. The van der Waals surface area contributed by atoms with Gasteiger partial charge in [0, 0.05) is 0 Å². The number of thioether (sulfide) groups is 1. The third kappa shape index (κ3) is 3.05. The number of alkyl halides is 2. The molecule has 1 N–H and O–H groups in total. The molecule has 8 nitrogen and oxygen atoms in total. The average Bonchev–Trinajstić information content (AvgIpc) is 2.96. The van der Waals surface area contributed by atoms with E-state index in [4.69, 9.17) is 9.26 Å². The van der Waals surface area contributed by atoms with E-state index < -0.39 is 12.1 Å². The van der Waals surface area contributed by atoms with Crippen LogP contribution in [0.15, 0.2) is 10.1 Å². The maximum absolute atomic E-state index is 12.5. The van der Waals surface area contributed by atoms with E-state index in [9.17, 15) is 9.59 Å². The summed E-state index contributed by atoms with van der Waals surface area (Å²) < 4.78 is 10.7. The van der Waals surface area contributed by atoms with Gasteiger partial charge in [0.2, 0.25) is 0 Å². The first-order valence-corrected chi connectivity index (χ1v) is 11.6. The molecule has 0 saturated carbocycles. The van der Waals surface area contributed by atoms with Crippen LogP contribution in [0.25, 0.3) is 5.70 Å². The van der Waals surface area contributed by atoms with Gasteiger partial charge in [-0.2, -0.15) is 0 Å². The molecule has 2 aliphatic rings. The number of hydrogen-bond acceptors (Lipinski definition) is 7. The second-order valence-electron chi connectivity index (χ2n) is 5.12. The number of ether oxygens (including phenoxy) is 1. The van der Waals surface area contributed by atoms with E-state index >= 15 is 0 Å². The van der Waals surface area contributed by atoms with Crippen molar-refractivity contribution in [2.24, 2.45) is 0 Å². The summed E-state index contributed by atoms with van der Waals surface area (Å²) in [5.74, 6) is 1.41. The zero-order valence-corrected chi connectivity index (χ0v) is 15.8. The average molecular weight is 451 g/mol. The third-order valence-electron chi connectivity index (χ3n) is 3.46. The molecule has 3 rings (SSSR count). The second-order valence-corrected chi connectivity index (χ2v) is 8.37. The number of β-lactam (4-membered cyclic amide) rings is 1. The summed E-state index contributed by atoms with van der Waals surface area (Å²) in [6.45, 7) is 3.66. The van der Waals surface area contributed by atoms with Crippen molar-refractivity contribution in [3.8, 4) is 0 Å². The van der Waals surface area contributed by atoms with Gasteiger partial charge in [0.15, 0.2) is 0 Å². The number of rotatable bonds is 4. The van der Waals surface area contributed by atoms with Gasteiger partial charge in [-0.25, -0.2) is 0 Å². The molecule has 1 aromatic rings. The van der Waals surface area contributed by atoms with Crippen LogP contribution >= 0.6 is 11.8 Å². The van der Waals surface area contributed by atoms with E-state index in [2.05, 4.69) is 15.5 Å². The summed E-state index contributed by atoms with van der Waals surface area (Å²) in [5.41, 5.74) is 1.66. The number of halogens is 1. The quantitative estimate of drug-likeness (QED) is 0.315. The van der Waals surface area contributed by atoms with Crippen LogP contribution in [0.3, 0.4) is 0 Å².